The average molecular weight is 339 g/mol. The summed E-state index contributed by atoms with van der Waals surface area (Å²) >= 11 is 0. The fourth-order valence-corrected chi connectivity index (χ4v) is 5.08. The van der Waals surface area contributed by atoms with Gasteiger partial charge in [0.05, 0.1) is 4.90 Å². The molecule has 0 bridgehead atoms. The van der Waals surface area contributed by atoms with Crippen molar-refractivity contribution in [1.82, 2.24) is 9.62 Å². The van der Waals surface area contributed by atoms with Crippen molar-refractivity contribution in [3.63, 3.8) is 0 Å². The molecule has 1 heterocycles. The fraction of sp³-hybridized carbons (Fsp3) is 0.667. The van der Waals surface area contributed by atoms with E-state index in [1.54, 1.807) is 0 Å². The molecule has 1 aromatic carbocycles. The minimum atomic E-state index is -3.46. The minimum absolute atomic E-state index is 0.469. The molecule has 1 aliphatic rings. The van der Waals surface area contributed by atoms with Crippen LogP contribution in [-0.2, 0) is 10.0 Å². The van der Waals surface area contributed by atoms with Crippen LogP contribution in [0.5, 0.6) is 0 Å². The summed E-state index contributed by atoms with van der Waals surface area (Å²) in [6.07, 6.45) is 3.74. The zero-order valence-corrected chi connectivity index (χ0v) is 15.9. The summed E-state index contributed by atoms with van der Waals surface area (Å²) in [5.41, 5.74) is 5.08. The first kappa shape index (κ1) is 18.4. The Morgan fingerprint density at radius 2 is 1.30 bits per heavy atom. The lowest BCUT2D eigenvalue weighted by Crippen LogP contribution is -2.38. The van der Waals surface area contributed by atoms with Crippen LogP contribution < -0.4 is 4.72 Å². The molecule has 0 aromatic heterocycles. The van der Waals surface area contributed by atoms with Gasteiger partial charge < -0.3 is 4.90 Å². The third-order valence-corrected chi connectivity index (χ3v) is 7.10. The van der Waals surface area contributed by atoms with Crippen LogP contribution >= 0.6 is 0 Å². The number of hydrogen-bond donors (Lipinski definition) is 1. The number of nitrogens with zero attached hydrogens (tertiary/aromatic N) is 1. The van der Waals surface area contributed by atoms with Crippen molar-refractivity contribution >= 4 is 10.0 Å². The van der Waals surface area contributed by atoms with Gasteiger partial charge in [0, 0.05) is 13.1 Å². The van der Waals surface area contributed by atoms with E-state index in [-0.39, 0.29) is 0 Å². The molecule has 4 nitrogen and oxygen atoms in total. The van der Waals surface area contributed by atoms with Crippen LogP contribution in [0.15, 0.2) is 4.90 Å². The van der Waals surface area contributed by atoms with Crippen LogP contribution in [0.3, 0.4) is 0 Å². The molecule has 0 saturated carbocycles. The monoisotopic (exact) mass is 338 g/mol. The van der Waals surface area contributed by atoms with E-state index in [2.05, 4.69) is 16.5 Å². The van der Waals surface area contributed by atoms with Crippen molar-refractivity contribution in [2.75, 3.05) is 26.2 Å². The van der Waals surface area contributed by atoms with E-state index >= 15 is 0 Å². The molecule has 2 rings (SSSR count). The first-order valence-corrected chi connectivity index (χ1v) is 10.0. The van der Waals surface area contributed by atoms with Crippen molar-refractivity contribution in [1.29, 1.82) is 0 Å². The van der Waals surface area contributed by atoms with E-state index in [1.807, 2.05) is 27.7 Å². The van der Waals surface area contributed by atoms with Gasteiger partial charge in [0.25, 0.3) is 0 Å². The van der Waals surface area contributed by atoms with Gasteiger partial charge in [-0.1, -0.05) is 6.42 Å². The minimum Gasteiger partial charge on any atom is -0.302 e. The van der Waals surface area contributed by atoms with Gasteiger partial charge in [-0.05, 0) is 88.4 Å². The lowest BCUT2D eigenvalue weighted by molar-refractivity contribution is 0.233. The van der Waals surface area contributed by atoms with Gasteiger partial charge in [0.2, 0.25) is 10.0 Å². The standard InChI is InChI=1S/C18H30N2O2S/c1-13-14(2)16(4)18(17(5)15(13)3)23(21,22)19-9-12-20-10-7-6-8-11-20/h19H,6-12H2,1-5H3. The molecule has 1 aromatic rings. The molecule has 0 spiro atoms. The van der Waals surface area contributed by atoms with Crippen LogP contribution in [-0.4, -0.2) is 39.5 Å². The largest absolute Gasteiger partial charge is 0.302 e. The van der Waals surface area contributed by atoms with Crippen molar-refractivity contribution < 1.29 is 8.42 Å². The fourth-order valence-electron chi connectivity index (χ4n) is 3.46. The van der Waals surface area contributed by atoms with E-state index in [0.717, 1.165) is 41.9 Å². The Morgan fingerprint density at radius 1 is 0.826 bits per heavy atom. The predicted octanol–water partition coefficient (Wildman–Crippen LogP) is 2.99. The SMILES string of the molecule is Cc1c(C)c(C)c(S(=O)(=O)NCCN2CCCCC2)c(C)c1C. The molecule has 130 valence electrons. The second-order valence-electron chi connectivity index (χ2n) is 6.75. The molecule has 1 aliphatic heterocycles. The van der Waals surface area contributed by atoms with Gasteiger partial charge in [-0.15, -0.1) is 0 Å². The van der Waals surface area contributed by atoms with Crippen LogP contribution in [0.2, 0.25) is 0 Å². The number of rotatable bonds is 5. The van der Waals surface area contributed by atoms with Gasteiger partial charge in [0.1, 0.15) is 0 Å². The highest BCUT2D eigenvalue weighted by Crippen LogP contribution is 2.29. The Bertz CT molecular complexity index is 646. The highest BCUT2D eigenvalue weighted by Gasteiger charge is 2.23. The smallest absolute Gasteiger partial charge is 0.241 e. The second-order valence-corrected chi connectivity index (χ2v) is 8.46. The Morgan fingerprint density at radius 3 is 1.83 bits per heavy atom. The lowest BCUT2D eigenvalue weighted by Gasteiger charge is -2.26. The zero-order valence-electron chi connectivity index (χ0n) is 15.1. The van der Waals surface area contributed by atoms with Crippen molar-refractivity contribution in [3.05, 3.63) is 27.8 Å². The summed E-state index contributed by atoms with van der Waals surface area (Å²) in [6.45, 7) is 13.3. The number of likely N-dealkylation sites (tertiary alicyclic amines) is 1. The Labute approximate surface area is 141 Å². The summed E-state index contributed by atoms with van der Waals surface area (Å²) in [5.74, 6) is 0. The van der Waals surface area contributed by atoms with Gasteiger partial charge in [-0.25, -0.2) is 13.1 Å². The Kier molecular flexibility index (Phi) is 5.87. The summed E-state index contributed by atoms with van der Waals surface area (Å²) in [7, 11) is -3.46. The Hall–Kier alpha value is -0.910. The summed E-state index contributed by atoms with van der Waals surface area (Å²) in [4.78, 5) is 2.81. The zero-order chi connectivity index (χ0) is 17.2. The number of sulfonamides is 1. The maximum Gasteiger partial charge on any atom is 0.241 e. The maximum atomic E-state index is 12.8. The third kappa shape index (κ3) is 3.95. The van der Waals surface area contributed by atoms with Crippen LogP contribution in [0.25, 0.3) is 0 Å². The Balaban J connectivity index is 2.16. The number of piperidine rings is 1. The van der Waals surface area contributed by atoms with E-state index in [4.69, 9.17) is 0 Å². The van der Waals surface area contributed by atoms with Crippen LogP contribution in [0, 0.1) is 34.6 Å². The highest BCUT2D eigenvalue weighted by atomic mass is 32.2. The summed E-state index contributed by atoms with van der Waals surface area (Å²) in [5, 5.41) is 0. The normalized spacial score (nSPS) is 16.7. The van der Waals surface area contributed by atoms with E-state index in [1.165, 1.54) is 24.8 Å². The van der Waals surface area contributed by atoms with Crippen LogP contribution in [0.4, 0.5) is 0 Å². The highest BCUT2D eigenvalue weighted by molar-refractivity contribution is 7.89. The van der Waals surface area contributed by atoms with Gasteiger partial charge in [-0.2, -0.15) is 0 Å². The van der Waals surface area contributed by atoms with Gasteiger partial charge in [-0.3, -0.25) is 0 Å². The molecule has 1 N–H and O–H groups in total. The van der Waals surface area contributed by atoms with E-state index < -0.39 is 10.0 Å². The molecular weight excluding hydrogens is 308 g/mol. The first-order chi connectivity index (χ1) is 10.8. The average Bonchev–Trinajstić information content (AvgIpc) is 2.52. The molecule has 1 fully saturated rings. The molecule has 0 aliphatic carbocycles. The molecule has 5 heteroatoms. The van der Waals surface area contributed by atoms with E-state index in [9.17, 15) is 8.42 Å². The van der Waals surface area contributed by atoms with Crippen molar-refractivity contribution in [2.45, 2.75) is 58.8 Å². The molecule has 0 unspecified atom stereocenters. The molecule has 0 radical (unpaired) electrons. The lowest BCUT2D eigenvalue weighted by atomic mass is 9.95. The predicted molar refractivity (Wildman–Crippen MR) is 95.6 cm³/mol. The second kappa shape index (κ2) is 7.32. The number of hydrogen-bond acceptors (Lipinski definition) is 3. The van der Waals surface area contributed by atoms with Crippen molar-refractivity contribution in [2.24, 2.45) is 0 Å². The van der Waals surface area contributed by atoms with Crippen LogP contribution in [0.1, 0.15) is 47.1 Å². The molecule has 1 saturated heterocycles. The van der Waals surface area contributed by atoms with Gasteiger partial charge in [0.15, 0.2) is 0 Å². The van der Waals surface area contributed by atoms with Gasteiger partial charge >= 0.3 is 0 Å². The topological polar surface area (TPSA) is 49.4 Å². The molecule has 0 atom stereocenters. The maximum absolute atomic E-state index is 12.8. The third-order valence-electron chi connectivity index (χ3n) is 5.37. The molecule has 23 heavy (non-hydrogen) atoms. The number of nitrogens with one attached hydrogen (secondary N) is 1. The molecule has 0 amide bonds. The van der Waals surface area contributed by atoms with Crippen molar-refractivity contribution in [3.8, 4) is 0 Å². The van der Waals surface area contributed by atoms with E-state index in [0.29, 0.717) is 11.4 Å². The summed E-state index contributed by atoms with van der Waals surface area (Å²) < 4.78 is 28.4. The molecular formula is C18H30N2O2S. The summed E-state index contributed by atoms with van der Waals surface area (Å²) in [6, 6.07) is 0. The number of benzene rings is 1. The first-order valence-electron chi connectivity index (χ1n) is 8.54. The quantitative estimate of drug-likeness (QED) is 0.898.